The van der Waals surface area contributed by atoms with Crippen LogP contribution in [-0.2, 0) is 0 Å². The van der Waals surface area contributed by atoms with E-state index in [0.29, 0.717) is 11.6 Å². The van der Waals surface area contributed by atoms with Crippen molar-refractivity contribution in [3.05, 3.63) is 126 Å². The Morgan fingerprint density at radius 2 is 1.45 bits per heavy atom. The molecule has 0 unspecified atom stereocenters. The maximum Gasteiger partial charge on any atom is 0.248 e. The van der Waals surface area contributed by atoms with E-state index in [4.69, 9.17) is 5.73 Å². The number of thioether (sulfide) groups is 1. The standard InChI is InChI=1S/C29H30N2OS/c1-21-10-16-26(17-11-21)33-27(20-22(2)31-18-6-7-19-31)28(23-8-4-3-5-9-23)24-12-14-25(15-13-24)29(30)32/h3-19,22,27-28H,20H2,1-2H3,(H2,30,32)/t22-,27-,28-/m0/s1. The van der Waals surface area contributed by atoms with Crippen LogP contribution in [0.3, 0.4) is 0 Å². The lowest BCUT2D eigenvalue weighted by atomic mass is 9.85. The minimum absolute atomic E-state index is 0.164. The van der Waals surface area contributed by atoms with E-state index in [1.54, 1.807) is 0 Å². The number of nitrogens with two attached hydrogens (primary N) is 1. The van der Waals surface area contributed by atoms with E-state index in [-0.39, 0.29) is 11.2 Å². The Morgan fingerprint density at radius 1 is 0.848 bits per heavy atom. The second kappa shape index (κ2) is 10.6. The maximum absolute atomic E-state index is 11.6. The molecule has 0 saturated heterocycles. The molecule has 33 heavy (non-hydrogen) atoms. The molecule has 4 rings (SSSR count). The zero-order valence-corrected chi connectivity index (χ0v) is 19.9. The number of aromatic nitrogens is 1. The van der Waals surface area contributed by atoms with Gasteiger partial charge in [-0.15, -0.1) is 11.8 Å². The summed E-state index contributed by atoms with van der Waals surface area (Å²) in [5, 5.41) is 0.284. The Labute approximate surface area is 200 Å². The van der Waals surface area contributed by atoms with Gasteiger partial charge in [0, 0.05) is 40.1 Å². The molecule has 4 aromatic rings. The number of nitrogens with zero attached hydrogens (tertiary/aromatic N) is 1. The molecule has 0 bridgehead atoms. The molecule has 1 heterocycles. The van der Waals surface area contributed by atoms with Crippen LogP contribution in [0.4, 0.5) is 0 Å². The van der Waals surface area contributed by atoms with Crippen LogP contribution >= 0.6 is 11.8 Å². The van der Waals surface area contributed by atoms with Crippen LogP contribution in [0.1, 0.15) is 52.4 Å². The molecule has 0 aliphatic carbocycles. The van der Waals surface area contributed by atoms with Gasteiger partial charge in [0.05, 0.1) is 0 Å². The van der Waals surface area contributed by atoms with E-state index in [1.807, 2.05) is 23.9 Å². The van der Waals surface area contributed by atoms with Crippen LogP contribution in [0.25, 0.3) is 0 Å². The lowest BCUT2D eigenvalue weighted by Gasteiger charge is -2.31. The normalized spacial score (nSPS) is 13.9. The third-order valence-corrected chi connectivity index (χ3v) is 7.41. The first-order valence-electron chi connectivity index (χ1n) is 11.3. The molecule has 2 N–H and O–H groups in total. The van der Waals surface area contributed by atoms with Gasteiger partial charge in [0.25, 0.3) is 0 Å². The van der Waals surface area contributed by atoms with Crippen molar-refractivity contribution in [3.8, 4) is 0 Å². The third kappa shape index (κ3) is 5.77. The molecule has 0 spiro atoms. The number of benzene rings is 3. The van der Waals surface area contributed by atoms with Gasteiger partial charge >= 0.3 is 0 Å². The second-order valence-corrected chi connectivity index (χ2v) is 9.87. The molecule has 0 aliphatic heterocycles. The fourth-order valence-electron chi connectivity index (χ4n) is 4.28. The highest BCUT2D eigenvalue weighted by atomic mass is 32.2. The first-order valence-corrected chi connectivity index (χ1v) is 12.2. The van der Waals surface area contributed by atoms with Gasteiger partial charge in [0.2, 0.25) is 5.91 Å². The summed E-state index contributed by atoms with van der Waals surface area (Å²) < 4.78 is 2.28. The van der Waals surface area contributed by atoms with Gasteiger partial charge < -0.3 is 10.3 Å². The summed E-state index contributed by atoms with van der Waals surface area (Å²) >= 11 is 1.93. The van der Waals surface area contributed by atoms with Crippen molar-refractivity contribution in [3.63, 3.8) is 0 Å². The molecule has 1 aromatic heterocycles. The fourth-order valence-corrected chi connectivity index (χ4v) is 5.75. The Bertz CT molecular complexity index is 1150. The average molecular weight is 455 g/mol. The van der Waals surface area contributed by atoms with Gasteiger partial charge in [0.1, 0.15) is 0 Å². The summed E-state index contributed by atoms with van der Waals surface area (Å²) in [4.78, 5) is 12.9. The molecule has 0 saturated carbocycles. The molecule has 0 radical (unpaired) electrons. The van der Waals surface area contributed by atoms with E-state index in [2.05, 4.69) is 110 Å². The smallest absolute Gasteiger partial charge is 0.248 e. The number of aryl methyl sites for hydroxylation is 1. The predicted octanol–water partition coefficient (Wildman–Crippen LogP) is 6.84. The average Bonchev–Trinajstić information content (AvgIpc) is 3.37. The number of rotatable bonds is 9. The summed E-state index contributed by atoms with van der Waals surface area (Å²) in [6, 6.07) is 31.7. The lowest BCUT2D eigenvalue weighted by Crippen LogP contribution is -2.21. The lowest BCUT2D eigenvalue weighted by molar-refractivity contribution is 0.100. The summed E-state index contributed by atoms with van der Waals surface area (Å²) in [7, 11) is 0. The van der Waals surface area contributed by atoms with Crippen molar-refractivity contribution in [2.45, 2.75) is 42.4 Å². The molecule has 3 atom stereocenters. The Hall–Kier alpha value is -3.24. The number of primary amides is 1. The molecular formula is C29H30N2OS. The van der Waals surface area contributed by atoms with Crippen molar-refractivity contribution < 1.29 is 4.79 Å². The van der Waals surface area contributed by atoms with Gasteiger partial charge in [-0.05, 0) is 67.8 Å². The fraction of sp³-hybridized carbons (Fsp3) is 0.207. The zero-order valence-electron chi connectivity index (χ0n) is 19.1. The van der Waals surface area contributed by atoms with Crippen LogP contribution in [0.15, 0.2) is 108 Å². The van der Waals surface area contributed by atoms with Crippen molar-refractivity contribution >= 4 is 17.7 Å². The largest absolute Gasteiger partial charge is 0.366 e. The van der Waals surface area contributed by atoms with Gasteiger partial charge in [-0.2, -0.15) is 0 Å². The molecule has 3 nitrogen and oxygen atoms in total. The number of carbonyl (C=O) groups excluding carboxylic acids is 1. The van der Waals surface area contributed by atoms with Crippen molar-refractivity contribution in [2.75, 3.05) is 0 Å². The third-order valence-electron chi connectivity index (χ3n) is 6.10. The molecule has 0 aliphatic rings. The van der Waals surface area contributed by atoms with Crippen LogP contribution in [0.2, 0.25) is 0 Å². The van der Waals surface area contributed by atoms with E-state index in [9.17, 15) is 4.79 Å². The molecule has 3 aromatic carbocycles. The van der Waals surface area contributed by atoms with Gasteiger partial charge in [-0.1, -0.05) is 60.2 Å². The Kier molecular flexibility index (Phi) is 7.36. The van der Waals surface area contributed by atoms with Gasteiger partial charge in [-0.25, -0.2) is 0 Å². The minimum Gasteiger partial charge on any atom is -0.366 e. The zero-order chi connectivity index (χ0) is 23.2. The van der Waals surface area contributed by atoms with Gasteiger partial charge in [0.15, 0.2) is 0 Å². The first kappa shape index (κ1) is 22.9. The maximum atomic E-state index is 11.6. The molecule has 0 fully saturated rings. The second-order valence-electron chi connectivity index (χ2n) is 8.56. The highest BCUT2D eigenvalue weighted by Crippen LogP contribution is 2.42. The summed E-state index contributed by atoms with van der Waals surface area (Å²) in [6.45, 7) is 4.40. The van der Waals surface area contributed by atoms with E-state index >= 15 is 0 Å². The van der Waals surface area contributed by atoms with E-state index in [0.717, 1.165) is 6.42 Å². The summed E-state index contributed by atoms with van der Waals surface area (Å²) in [6.07, 6.45) is 5.26. The van der Waals surface area contributed by atoms with Crippen molar-refractivity contribution in [1.29, 1.82) is 0 Å². The van der Waals surface area contributed by atoms with Crippen LogP contribution in [0, 0.1) is 6.92 Å². The Balaban J connectivity index is 1.75. The van der Waals surface area contributed by atoms with Crippen LogP contribution in [-0.4, -0.2) is 15.7 Å². The van der Waals surface area contributed by atoms with Crippen molar-refractivity contribution in [1.82, 2.24) is 4.57 Å². The highest BCUT2D eigenvalue weighted by molar-refractivity contribution is 8.00. The SMILES string of the molecule is Cc1ccc(S[C@@H](C[C@H](C)n2cccc2)[C@@H](c2ccccc2)c2ccc(C(N)=O)cc2)cc1. The predicted molar refractivity (Wildman–Crippen MR) is 138 cm³/mol. The summed E-state index contributed by atoms with van der Waals surface area (Å²) in [5.41, 5.74) is 9.76. The monoisotopic (exact) mass is 454 g/mol. The molecule has 4 heteroatoms. The van der Waals surface area contributed by atoms with Gasteiger partial charge in [-0.3, -0.25) is 4.79 Å². The Morgan fingerprint density at radius 3 is 2.06 bits per heavy atom. The van der Waals surface area contributed by atoms with E-state index in [1.165, 1.54) is 21.6 Å². The summed E-state index contributed by atoms with van der Waals surface area (Å²) in [5.74, 6) is -0.234. The van der Waals surface area contributed by atoms with Crippen LogP contribution in [0.5, 0.6) is 0 Å². The molecular weight excluding hydrogens is 424 g/mol. The topological polar surface area (TPSA) is 48.0 Å². The number of carbonyl (C=O) groups is 1. The number of amides is 1. The highest BCUT2D eigenvalue weighted by Gasteiger charge is 2.28. The first-order chi connectivity index (χ1) is 16.0. The minimum atomic E-state index is -0.398. The van der Waals surface area contributed by atoms with E-state index < -0.39 is 5.91 Å². The van der Waals surface area contributed by atoms with Crippen molar-refractivity contribution in [2.24, 2.45) is 5.73 Å². The number of hydrogen-bond donors (Lipinski definition) is 1. The molecule has 1 amide bonds. The quantitative estimate of drug-likeness (QED) is 0.281. The molecule has 168 valence electrons. The number of hydrogen-bond acceptors (Lipinski definition) is 2. The van der Waals surface area contributed by atoms with Crippen LogP contribution < -0.4 is 5.73 Å².